The Morgan fingerprint density at radius 1 is 1.29 bits per heavy atom. The van der Waals surface area contributed by atoms with Gasteiger partial charge in [-0.3, -0.25) is 9.59 Å². The van der Waals surface area contributed by atoms with Crippen LogP contribution in [0.4, 0.5) is 0 Å². The lowest BCUT2D eigenvalue weighted by Crippen LogP contribution is -2.26. The van der Waals surface area contributed by atoms with E-state index in [0.29, 0.717) is 23.6 Å². The molecule has 0 aliphatic heterocycles. The fourth-order valence-corrected chi connectivity index (χ4v) is 1.80. The van der Waals surface area contributed by atoms with Crippen molar-refractivity contribution in [2.45, 2.75) is 6.54 Å². The Morgan fingerprint density at radius 2 is 2.10 bits per heavy atom. The minimum atomic E-state index is -0.568. The molecule has 0 atom stereocenters. The molecule has 0 aliphatic carbocycles. The Bertz CT molecular complexity index is 622. The highest BCUT2D eigenvalue weighted by Gasteiger charge is 2.14. The predicted molar refractivity (Wildman–Crippen MR) is 75.6 cm³/mol. The molecule has 2 rings (SSSR count). The Labute approximate surface area is 122 Å². The summed E-state index contributed by atoms with van der Waals surface area (Å²) in [5, 5.41) is 0. The van der Waals surface area contributed by atoms with Crippen LogP contribution in [-0.4, -0.2) is 30.4 Å². The van der Waals surface area contributed by atoms with Crippen molar-refractivity contribution in [3.05, 3.63) is 54.0 Å². The van der Waals surface area contributed by atoms with E-state index in [1.807, 2.05) is 0 Å². The van der Waals surface area contributed by atoms with Crippen molar-refractivity contribution in [3.63, 3.8) is 0 Å². The zero-order chi connectivity index (χ0) is 15.2. The first-order chi connectivity index (χ1) is 10.1. The molecule has 1 aromatic heterocycles. The first kappa shape index (κ1) is 14.6. The standard InChI is InChI=1S/C15H16N2O4/c1-17(9-13-6-3-7-20-13)15(19)11-4-2-5-12(8-11)21-10-14(16)18/h2-8H,9-10H2,1H3,(H2,16,18). The van der Waals surface area contributed by atoms with Crippen LogP contribution in [-0.2, 0) is 11.3 Å². The van der Waals surface area contributed by atoms with E-state index in [2.05, 4.69) is 0 Å². The summed E-state index contributed by atoms with van der Waals surface area (Å²) in [4.78, 5) is 24.5. The lowest BCUT2D eigenvalue weighted by Gasteiger charge is -2.16. The zero-order valence-electron chi connectivity index (χ0n) is 11.6. The smallest absolute Gasteiger partial charge is 0.255 e. The number of furan rings is 1. The summed E-state index contributed by atoms with van der Waals surface area (Å²) in [6.45, 7) is 0.151. The molecule has 1 heterocycles. The van der Waals surface area contributed by atoms with E-state index in [0.717, 1.165) is 0 Å². The van der Waals surface area contributed by atoms with Gasteiger partial charge in [0.25, 0.3) is 11.8 Å². The van der Waals surface area contributed by atoms with Crippen LogP contribution in [0.1, 0.15) is 16.1 Å². The van der Waals surface area contributed by atoms with E-state index < -0.39 is 5.91 Å². The molecular formula is C15H16N2O4. The summed E-state index contributed by atoms with van der Waals surface area (Å²) < 4.78 is 10.4. The number of hydrogen-bond donors (Lipinski definition) is 1. The van der Waals surface area contributed by atoms with Crippen molar-refractivity contribution in [3.8, 4) is 5.75 Å². The lowest BCUT2D eigenvalue weighted by molar-refractivity contribution is -0.119. The molecule has 0 radical (unpaired) electrons. The van der Waals surface area contributed by atoms with Gasteiger partial charge < -0.3 is 19.8 Å². The van der Waals surface area contributed by atoms with Gasteiger partial charge in [0.1, 0.15) is 11.5 Å². The summed E-state index contributed by atoms with van der Waals surface area (Å²) in [6, 6.07) is 10.2. The van der Waals surface area contributed by atoms with E-state index in [1.54, 1.807) is 49.7 Å². The molecule has 0 aliphatic rings. The Hall–Kier alpha value is -2.76. The van der Waals surface area contributed by atoms with E-state index in [-0.39, 0.29) is 12.5 Å². The van der Waals surface area contributed by atoms with Crippen molar-refractivity contribution in [2.24, 2.45) is 5.73 Å². The Balaban J connectivity index is 2.04. The molecule has 2 N–H and O–H groups in total. The van der Waals surface area contributed by atoms with Crippen LogP contribution < -0.4 is 10.5 Å². The van der Waals surface area contributed by atoms with Gasteiger partial charge in [-0.25, -0.2) is 0 Å². The van der Waals surface area contributed by atoms with Crippen LogP contribution in [0.5, 0.6) is 5.75 Å². The number of carbonyl (C=O) groups excluding carboxylic acids is 2. The molecule has 110 valence electrons. The number of nitrogens with two attached hydrogens (primary N) is 1. The maximum Gasteiger partial charge on any atom is 0.255 e. The number of primary amides is 1. The van der Waals surface area contributed by atoms with Gasteiger partial charge in [-0.05, 0) is 30.3 Å². The second-order valence-electron chi connectivity index (χ2n) is 4.52. The average Bonchev–Trinajstić information content (AvgIpc) is 2.97. The molecule has 0 fully saturated rings. The monoisotopic (exact) mass is 288 g/mol. The third-order valence-corrected chi connectivity index (χ3v) is 2.78. The van der Waals surface area contributed by atoms with Gasteiger partial charge >= 0.3 is 0 Å². The summed E-state index contributed by atoms with van der Waals surface area (Å²) in [6.07, 6.45) is 1.56. The molecule has 0 unspecified atom stereocenters. The fraction of sp³-hybridized carbons (Fsp3) is 0.200. The quantitative estimate of drug-likeness (QED) is 0.871. The lowest BCUT2D eigenvalue weighted by atomic mass is 10.2. The van der Waals surface area contributed by atoms with Gasteiger partial charge in [0.15, 0.2) is 6.61 Å². The summed E-state index contributed by atoms with van der Waals surface area (Å²) >= 11 is 0. The van der Waals surface area contributed by atoms with E-state index in [4.69, 9.17) is 14.9 Å². The third kappa shape index (κ3) is 4.10. The number of benzene rings is 1. The normalized spacial score (nSPS) is 10.1. The van der Waals surface area contributed by atoms with Crippen LogP contribution in [0.15, 0.2) is 47.1 Å². The highest BCUT2D eigenvalue weighted by atomic mass is 16.5. The van der Waals surface area contributed by atoms with E-state index >= 15 is 0 Å². The largest absolute Gasteiger partial charge is 0.484 e. The molecule has 21 heavy (non-hydrogen) atoms. The molecule has 6 nitrogen and oxygen atoms in total. The predicted octanol–water partition coefficient (Wildman–Crippen LogP) is 1.42. The van der Waals surface area contributed by atoms with Gasteiger partial charge in [-0.2, -0.15) is 0 Å². The summed E-state index contributed by atoms with van der Waals surface area (Å²) in [7, 11) is 1.68. The van der Waals surface area contributed by atoms with Crippen molar-refractivity contribution in [1.29, 1.82) is 0 Å². The van der Waals surface area contributed by atoms with E-state index in [9.17, 15) is 9.59 Å². The maximum atomic E-state index is 12.3. The van der Waals surface area contributed by atoms with Gasteiger partial charge in [0, 0.05) is 12.6 Å². The van der Waals surface area contributed by atoms with E-state index in [1.165, 1.54) is 4.90 Å². The third-order valence-electron chi connectivity index (χ3n) is 2.78. The molecular weight excluding hydrogens is 272 g/mol. The second-order valence-corrected chi connectivity index (χ2v) is 4.52. The Kier molecular flexibility index (Phi) is 4.61. The molecule has 0 spiro atoms. The molecule has 0 saturated heterocycles. The van der Waals surface area contributed by atoms with Gasteiger partial charge in [-0.1, -0.05) is 6.07 Å². The van der Waals surface area contributed by atoms with Crippen molar-refractivity contribution >= 4 is 11.8 Å². The molecule has 2 amide bonds. The number of carbonyl (C=O) groups is 2. The Morgan fingerprint density at radius 3 is 2.76 bits per heavy atom. The first-order valence-corrected chi connectivity index (χ1v) is 6.35. The average molecular weight is 288 g/mol. The molecule has 2 aromatic rings. The van der Waals surface area contributed by atoms with Crippen LogP contribution >= 0.6 is 0 Å². The highest BCUT2D eigenvalue weighted by molar-refractivity contribution is 5.94. The zero-order valence-corrected chi connectivity index (χ0v) is 11.6. The number of rotatable bonds is 6. The second kappa shape index (κ2) is 6.60. The molecule has 6 heteroatoms. The number of amides is 2. The number of nitrogens with zero attached hydrogens (tertiary/aromatic N) is 1. The SMILES string of the molecule is CN(Cc1ccco1)C(=O)c1cccc(OCC(N)=O)c1. The summed E-state index contributed by atoms with van der Waals surface area (Å²) in [5.41, 5.74) is 5.48. The first-order valence-electron chi connectivity index (χ1n) is 6.35. The van der Waals surface area contributed by atoms with Crippen molar-refractivity contribution in [2.75, 3.05) is 13.7 Å². The van der Waals surface area contributed by atoms with Crippen LogP contribution in [0.3, 0.4) is 0 Å². The number of hydrogen-bond acceptors (Lipinski definition) is 4. The molecule has 0 saturated carbocycles. The topological polar surface area (TPSA) is 85.8 Å². The molecule has 0 bridgehead atoms. The van der Waals surface area contributed by atoms with Crippen molar-refractivity contribution in [1.82, 2.24) is 4.90 Å². The maximum absolute atomic E-state index is 12.3. The summed E-state index contributed by atoms with van der Waals surface area (Å²) in [5.74, 6) is 0.385. The molecule has 1 aromatic carbocycles. The van der Waals surface area contributed by atoms with Gasteiger partial charge in [0.2, 0.25) is 0 Å². The van der Waals surface area contributed by atoms with Crippen molar-refractivity contribution < 1.29 is 18.7 Å². The minimum absolute atomic E-state index is 0.170. The highest BCUT2D eigenvalue weighted by Crippen LogP contribution is 2.15. The van der Waals surface area contributed by atoms with Gasteiger partial charge in [0.05, 0.1) is 12.8 Å². The number of ether oxygens (including phenoxy) is 1. The van der Waals surface area contributed by atoms with Crippen LogP contribution in [0.2, 0.25) is 0 Å². The van der Waals surface area contributed by atoms with Gasteiger partial charge in [-0.15, -0.1) is 0 Å². The van der Waals surface area contributed by atoms with Crippen LogP contribution in [0.25, 0.3) is 0 Å². The van der Waals surface area contributed by atoms with Crippen LogP contribution in [0, 0.1) is 0 Å². The fourth-order valence-electron chi connectivity index (χ4n) is 1.80. The minimum Gasteiger partial charge on any atom is -0.484 e.